The molecule has 1 aliphatic heterocycles. The van der Waals surface area contributed by atoms with E-state index < -0.39 is 0 Å². The van der Waals surface area contributed by atoms with Crippen LogP contribution in [0.25, 0.3) is 0 Å². The maximum Gasteiger partial charge on any atom is 0.155 e. The molecule has 1 saturated heterocycles. The van der Waals surface area contributed by atoms with Crippen molar-refractivity contribution in [2.24, 2.45) is 35.5 Å². The van der Waals surface area contributed by atoms with E-state index in [0.717, 1.165) is 18.4 Å². The Labute approximate surface area is 157 Å². The zero-order valence-corrected chi connectivity index (χ0v) is 18.3. The summed E-state index contributed by atoms with van der Waals surface area (Å²) >= 11 is 0. The predicted octanol–water partition coefficient (Wildman–Crippen LogP) is 6.70. The minimum absolute atomic E-state index is 0.0523. The van der Waals surface area contributed by atoms with Gasteiger partial charge in [-0.15, -0.1) is 0 Å². The van der Waals surface area contributed by atoms with Crippen LogP contribution >= 0.6 is 0 Å². The summed E-state index contributed by atoms with van der Waals surface area (Å²) < 4.78 is 11.7. The van der Waals surface area contributed by atoms with Crippen molar-refractivity contribution in [1.29, 1.82) is 0 Å². The van der Waals surface area contributed by atoms with Crippen molar-refractivity contribution in [2.45, 2.75) is 94.0 Å². The first kappa shape index (κ1) is 22.7. The molecule has 0 bridgehead atoms. The standard InChI is InChI=1S/C23H44O2/c1-10-17(4)21(8)18(5)12-15(2)11-16(3)13-19(6)23-20(7)14-24-22(9)25-23/h12,16-23H,10-11,13-14H2,1-9H3/b15-12-/t16-,17-,18-,19-,20-,21-,22-,23+/m1/s1. The van der Waals surface area contributed by atoms with Crippen molar-refractivity contribution in [3.05, 3.63) is 11.6 Å². The molecule has 1 heterocycles. The number of ether oxygens (including phenoxy) is 2. The van der Waals surface area contributed by atoms with Crippen molar-refractivity contribution in [1.82, 2.24) is 0 Å². The van der Waals surface area contributed by atoms with Crippen LogP contribution in [0.4, 0.5) is 0 Å². The van der Waals surface area contributed by atoms with Crippen molar-refractivity contribution < 1.29 is 9.47 Å². The minimum Gasteiger partial charge on any atom is -0.353 e. The Morgan fingerprint density at radius 1 is 1.12 bits per heavy atom. The second kappa shape index (κ2) is 10.7. The van der Waals surface area contributed by atoms with Crippen LogP contribution in [0, 0.1) is 35.5 Å². The zero-order chi connectivity index (χ0) is 19.1. The fraction of sp³-hybridized carbons (Fsp3) is 0.913. The monoisotopic (exact) mass is 352 g/mol. The van der Waals surface area contributed by atoms with Gasteiger partial charge in [0.25, 0.3) is 0 Å². The molecule has 2 nitrogen and oxygen atoms in total. The van der Waals surface area contributed by atoms with Crippen LogP contribution in [0.2, 0.25) is 0 Å². The summed E-state index contributed by atoms with van der Waals surface area (Å²) in [5.41, 5.74) is 1.55. The molecule has 0 unspecified atom stereocenters. The van der Waals surface area contributed by atoms with E-state index in [-0.39, 0.29) is 6.29 Å². The topological polar surface area (TPSA) is 18.5 Å². The molecule has 0 spiro atoms. The molecule has 0 aromatic carbocycles. The van der Waals surface area contributed by atoms with Gasteiger partial charge in [0.05, 0.1) is 12.7 Å². The molecule has 8 atom stereocenters. The summed E-state index contributed by atoms with van der Waals surface area (Å²) in [6, 6.07) is 0. The molecule has 1 fully saturated rings. The molecule has 0 aromatic rings. The Hall–Kier alpha value is -0.340. The molecule has 25 heavy (non-hydrogen) atoms. The second-order valence-corrected chi connectivity index (χ2v) is 9.12. The highest BCUT2D eigenvalue weighted by Crippen LogP contribution is 2.31. The molecule has 0 amide bonds. The highest BCUT2D eigenvalue weighted by atomic mass is 16.7. The third-order valence-electron chi connectivity index (χ3n) is 6.43. The number of hydrogen-bond acceptors (Lipinski definition) is 2. The van der Waals surface area contributed by atoms with Gasteiger partial charge in [0.1, 0.15) is 0 Å². The van der Waals surface area contributed by atoms with E-state index in [0.29, 0.717) is 29.8 Å². The average Bonchev–Trinajstić information content (AvgIpc) is 2.54. The molecule has 0 saturated carbocycles. The SMILES string of the molecule is CC[C@@H](C)[C@@H](C)[C@H](C)/C=C(/C)C[C@@H](C)C[C@@H](C)[C@@H]1O[C@H](C)OC[C@H]1C. The smallest absolute Gasteiger partial charge is 0.155 e. The summed E-state index contributed by atoms with van der Waals surface area (Å²) in [6.07, 6.45) is 6.50. The first-order chi connectivity index (χ1) is 11.6. The van der Waals surface area contributed by atoms with Gasteiger partial charge < -0.3 is 9.47 Å². The summed E-state index contributed by atoms with van der Waals surface area (Å²) in [5, 5.41) is 0. The molecule has 0 radical (unpaired) electrons. The molecule has 0 aromatic heterocycles. The zero-order valence-electron chi connectivity index (χ0n) is 18.3. The van der Waals surface area contributed by atoms with Crippen LogP contribution in [0.1, 0.15) is 81.6 Å². The number of allylic oxidation sites excluding steroid dienone is 2. The van der Waals surface area contributed by atoms with E-state index in [1.54, 1.807) is 5.57 Å². The lowest BCUT2D eigenvalue weighted by Crippen LogP contribution is -2.41. The third-order valence-corrected chi connectivity index (χ3v) is 6.43. The second-order valence-electron chi connectivity index (χ2n) is 9.12. The Morgan fingerprint density at radius 2 is 1.76 bits per heavy atom. The van der Waals surface area contributed by atoms with Gasteiger partial charge in [-0.1, -0.05) is 66.5 Å². The molecular formula is C23H44O2. The molecule has 148 valence electrons. The average molecular weight is 353 g/mol. The van der Waals surface area contributed by atoms with E-state index in [4.69, 9.17) is 9.47 Å². The summed E-state index contributed by atoms with van der Waals surface area (Å²) in [5.74, 6) is 4.00. The molecule has 2 heteroatoms. The van der Waals surface area contributed by atoms with Gasteiger partial charge in [-0.05, 0) is 56.3 Å². The van der Waals surface area contributed by atoms with E-state index in [2.05, 4.69) is 61.5 Å². The van der Waals surface area contributed by atoms with E-state index in [1.165, 1.54) is 19.3 Å². The molecular weight excluding hydrogens is 308 g/mol. The van der Waals surface area contributed by atoms with Crippen LogP contribution in [0.3, 0.4) is 0 Å². The van der Waals surface area contributed by atoms with Crippen LogP contribution in [-0.2, 0) is 9.47 Å². The van der Waals surface area contributed by atoms with Crippen molar-refractivity contribution >= 4 is 0 Å². The quantitative estimate of drug-likeness (QED) is 0.430. The first-order valence-corrected chi connectivity index (χ1v) is 10.6. The van der Waals surface area contributed by atoms with E-state index in [9.17, 15) is 0 Å². The normalized spacial score (nSPS) is 31.2. The lowest BCUT2D eigenvalue weighted by atomic mass is 9.81. The molecule has 0 aliphatic carbocycles. The van der Waals surface area contributed by atoms with Gasteiger partial charge in [-0.2, -0.15) is 0 Å². The molecule has 1 aliphatic rings. The van der Waals surface area contributed by atoms with Gasteiger partial charge in [0.2, 0.25) is 0 Å². The van der Waals surface area contributed by atoms with E-state index in [1.807, 2.05) is 6.92 Å². The number of rotatable bonds is 9. The fourth-order valence-corrected chi connectivity index (χ4v) is 4.43. The number of hydrogen-bond donors (Lipinski definition) is 0. The van der Waals surface area contributed by atoms with Crippen molar-refractivity contribution in [2.75, 3.05) is 6.61 Å². The highest BCUT2D eigenvalue weighted by Gasteiger charge is 2.31. The molecule has 0 N–H and O–H groups in total. The minimum atomic E-state index is -0.0523. The summed E-state index contributed by atoms with van der Waals surface area (Å²) in [6.45, 7) is 21.6. The van der Waals surface area contributed by atoms with Gasteiger partial charge in [0.15, 0.2) is 6.29 Å². The Balaban J connectivity index is 2.51. The predicted molar refractivity (Wildman–Crippen MR) is 109 cm³/mol. The van der Waals surface area contributed by atoms with Gasteiger partial charge in [-0.25, -0.2) is 0 Å². The van der Waals surface area contributed by atoms with Gasteiger partial charge in [0, 0.05) is 5.92 Å². The lowest BCUT2D eigenvalue weighted by molar-refractivity contribution is -0.237. The van der Waals surface area contributed by atoms with Crippen LogP contribution in [0.15, 0.2) is 11.6 Å². The van der Waals surface area contributed by atoms with Crippen molar-refractivity contribution in [3.8, 4) is 0 Å². The third kappa shape index (κ3) is 7.43. The Kier molecular flexibility index (Phi) is 9.74. The van der Waals surface area contributed by atoms with Crippen LogP contribution < -0.4 is 0 Å². The highest BCUT2D eigenvalue weighted by molar-refractivity contribution is 5.02. The lowest BCUT2D eigenvalue weighted by Gasteiger charge is -2.37. The summed E-state index contributed by atoms with van der Waals surface area (Å²) in [7, 11) is 0. The Morgan fingerprint density at radius 3 is 2.36 bits per heavy atom. The largest absolute Gasteiger partial charge is 0.353 e. The summed E-state index contributed by atoms with van der Waals surface area (Å²) in [4.78, 5) is 0. The van der Waals surface area contributed by atoms with Gasteiger partial charge >= 0.3 is 0 Å². The van der Waals surface area contributed by atoms with Crippen LogP contribution in [0.5, 0.6) is 0 Å². The van der Waals surface area contributed by atoms with Gasteiger partial charge in [-0.3, -0.25) is 0 Å². The first-order valence-electron chi connectivity index (χ1n) is 10.6. The van der Waals surface area contributed by atoms with Crippen molar-refractivity contribution in [3.63, 3.8) is 0 Å². The molecule has 1 rings (SSSR count). The maximum absolute atomic E-state index is 6.06. The fourth-order valence-electron chi connectivity index (χ4n) is 4.43. The van der Waals surface area contributed by atoms with E-state index >= 15 is 0 Å². The maximum atomic E-state index is 6.06. The van der Waals surface area contributed by atoms with Crippen LogP contribution in [-0.4, -0.2) is 19.0 Å². The Bertz CT molecular complexity index is 403.